The summed E-state index contributed by atoms with van der Waals surface area (Å²) in [4.78, 5) is 4.17. The predicted molar refractivity (Wildman–Crippen MR) is 111 cm³/mol. The van der Waals surface area contributed by atoms with Gasteiger partial charge in [0.25, 0.3) is 10.0 Å². The van der Waals surface area contributed by atoms with E-state index in [9.17, 15) is 8.42 Å². The number of sulfonamides is 1. The highest BCUT2D eigenvalue weighted by Crippen LogP contribution is 2.30. The van der Waals surface area contributed by atoms with Crippen LogP contribution in [-0.2, 0) is 16.4 Å². The fraction of sp³-hybridized carbons (Fsp3) is 0.227. The number of pyridine rings is 1. The lowest BCUT2D eigenvalue weighted by molar-refractivity contribution is 0.484. The van der Waals surface area contributed by atoms with Crippen molar-refractivity contribution in [3.63, 3.8) is 0 Å². The highest BCUT2D eigenvalue weighted by molar-refractivity contribution is 7.92. The van der Waals surface area contributed by atoms with Gasteiger partial charge in [0.15, 0.2) is 5.75 Å². The van der Waals surface area contributed by atoms with Crippen molar-refractivity contribution in [1.82, 2.24) is 4.98 Å². The first-order valence-electron chi connectivity index (χ1n) is 9.23. The van der Waals surface area contributed by atoms with Crippen LogP contribution in [0.3, 0.4) is 0 Å². The van der Waals surface area contributed by atoms with Gasteiger partial charge in [0.2, 0.25) is 0 Å². The summed E-state index contributed by atoms with van der Waals surface area (Å²) >= 11 is 0. The van der Waals surface area contributed by atoms with E-state index in [0.717, 1.165) is 18.4 Å². The van der Waals surface area contributed by atoms with E-state index >= 15 is 0 Å². The minimum Gasteiger partial charge on any atom is -0.455 e. The van der Waals surface area contributed by atoms with Gasteiger partial charge < -0.3 is 4.74 Å². The van der Waals surface area contributed by atoms with Crippen molar-refractivity contribution >= 4 is 15.7 Å². The van der Waals surface area contributed by atoms with E-state index in [1.807, 2.05) is 12.1 Å². The summed E-state index contributed by atoms with van der Waals surface area (Å²) in [6.07, 6.45) is 5.24. The summed E-state index contributed by atoms with van der Waals surface area (Å²) in [5.41, 5.74) is 1.51. The van der Waals surface area contributed by atoms with Crippen LogP contribution in [0.5, 0.6) is 11.5 Å². The number of ether oxygens (including phenoxy) is 1. The maximum atomic E-state index is 12.8. The third-order valence-electron chi connectivity index (χ3n) is 4.25. The Kier molecular flexibility index (Phi) is 6.31. The fourth-order valence-electron chi connectivity index (χ4n) is 2.67. The third-order valence-corrected chi connectivity index (χ3v) is 5.63. The normalized spacial score (nSPS) is 11.4. The van der Waals surface area contributed by atoms with Crippen molar-refractivity contribution in [2.75, 3.05) is 4.72 Å². The molecular weight excluding hydrogens is 372 g/mol. The zero-order valence-corrected chi connectivity index (χ0v) is 16.8. The SMILES string of the molecule is CC(C)CCc1ccc(S(=O)(=O)Nc2ccccc2Oc2ccncc2)cc1. The van der Waals surface area contributed by atoms with Crippen LogP contribution < -0.4 is 9.46 Å². The van der Waals surface area contributed by atoms with Crippen molar-refractivity contribution in [2.45, 2.75) is 31.6 Å². The van der Waals surface area contributed by atoms with E-state index in [-0.39, 0.29) is 4.90 Å². The number of benzene rings is 2. The minimum atomic E-state index is -3.72. The number of hydrogen-bond donors (Lipinski definition) is 1. The van der Waals surface area contributed by atoms with E-state index in [4.69, 9.17) is 4.74 Å². The van der Waals surface area contributed by atoms with Gasteiger partial charge >= 0.3 is 0 Å². The highest BCUT2D eigenvalue weighted by Gasteiger charge is 2.17. The Bertz CT molecular complexity index is 1000. The number of rotatable bonds is 8. The summed E-state index contributed by atoms with van der Waals surface area (Å²) in [6.45, 7) is 4.35. The molecule has 2 aromatic carbocycles. The molecule has 3 aromatic rings. The molecule has 0 aliphatic carbocycles. The Labute approximate surface area is 166 Å². The molecule has 0 saturated heterocycles. The Balaban J connectivity index is 1.77. The van der Waals surface area contributed by atoms with Gasteiger partial charge in [-0.1, -0.05) is 38.1 Å². The van der Waals surface area contributed by atoms with E-state index in [0.29, 0.717) is 23.1 Å². The molecule has 146 valence electrons. The highest BCUT2D eigenvalue weighted by atomic mass is 32.2. The fourth-order valence-corrected chi connectivity index (χ4v) is 3.74. The molecule has 28 heavy (non-hydrogen) atoms. The quantitative estimate of drug-likeness (QED) is 0.564. The topological polar surface area (TPSA) is 68.3 Å². The molecule has 1 aromatic heterocycles. The molecule has 0 fully saturated rings. The minimum absolute atomic E-state index is 0.222. The molecule has 1 heterocycles. The Morgan fingerprint density at radius 2 is 1.64 bits per heavy atom. The van der Waals surface area contributed by atoms with Crippen LogP contribution >= 0.6 is 0 Å². The number of para-hydroxylation sites is 2. The molecule has 0 spiro atoms. The Morgan fingerprint density at radius 3 is 2.32 bits per heavy atom. The van der Waals surface area contributed by atoms with Gasteiger partial charge in [-0.05, 0) is 60.7 Å². The number of nitrogens with one attached hydrogen (secondary N) is 1. The number of aryl methyl sites for hydroxylation is 1. The van der Waals surface area contributed by atoms with Crippen LogP contribution in [0.4, 0.5) is 5.69 Å². The predicted octanol–water partition coefficient (Wildman–Crippen LogP) is 5.26. The molecular formula is C22H24N2O3S. The van der Waals surface area contributed by atoms with Gasteiger partial charge in [-0.15, -0.1) is 0 Å². The summed E-state index contributed by atoms with van der Waals surface area (Å²) < 4.78 is 34.0. The van der Waals surface area contributed by atoms with Crippen LogP contribution in [0.25, 0.3) is 0 Å². The van der Waals surface area contributed by atoms with E-state index in [2.05, 4.69) is 23.6 Å². The van der Waals surface area contributed by atoms with Crippen LogP contribution in [0.2, 0.25) is 0 Å². The van der Waals surface area contributed by atoms with Crippen LogP contribution in [-0.4, -0.2) is 13.4 Å². The van der Waals surface area contributed by atoms with Gasteiger partial charge in [-0.2, -0.15) is 0 Å². The molecule has 0 aliphatic heterocycles. The van der Waals surface area contributed by atoms with Crippen LogP contribution in [0.15, 0.2) is 78.0 Å². The first-order chi connectivity index (χ1) is 13.4. The van der Waals surface area contributed by atoms with Crippen molar-refractivity contribution < 1.29 is 13.2 Å². The van der Waals surface area contributed by atoms with Gasteiger partial charge in [-0.25, -0.2) is 8.42 Å². The van der Waals surface area contributed by atoms with Crippen molar-refractivity contribution in [2.24, 2.45) is 5.92 Å². The maximum absolute atomic E-state index is 12.8. The average Bonchev–Trinajstić information content (AvgIpc) is 2.69. The molecule has 1 N–H and O–H groups in total. The van der Waals surface area contributed by atoms with Crippen molar-refractivity contribution in [3.8, 4) is 11.5 Å². The summed E-state index contributed by atoms with van der Waals surface area (Å²) in [5.74, 6) is 1.61. The number of nitrogens with zero attached hydrogens (tertiary/aromatic N) is 1. The molecule has 0 aliphatic rings. The number of anilines is 1. The molecule has 0 bridgehead atoms. The molecule has 6 heteroatoms. The zero-order chi connectivity index (χ0) is 20.0. The first kappa shape index (κ1) is 19.9. The van der Waals surface area contributed by atoms with E-state index < -0.39 is 10.0 Å². The Morgan fingerprint density at radius 1 is 0.964 bits per heavy atom. The molecule has 0 radical (unpaired) electrons. The largest absolute Gasteiger partial charge is 0.455 e. The summed E-state index contributed by atoms with van der Waals surface area (Å²) in [6, 6.07) is 17.4. The average molecular weight is 397 g/mol. The van der Waals surface area contributed by atoms with Gasteiger partial charge in [-0.3, -0.25) is 9.71 Å². The Hall–Kier alpha value is -2.86. The second-order valence-electron chi connectivity index (χ2n) is 6.96. The lowest BCUT2D eigenvalue weighted by atomic mass is 10.0. The second-order valence-corrected chi connectivity index (χ2v) is 8.65. The van der Waals surface area contributed by atoms with E-state index in [1.54, 1.807) is 60.9 Å². The molecule has 3 rings (SSSR count). The van der Waals surface area contributed by atoms with Gasteiger partial charge in [0.1, 0.15) is 5.75 Å². The summed E-state index contributed by atoms with van der Waals surface area (Å²) in [5, 5.41) is 0. The lowest BCUT2D eigenvalue weighted by Crippen LogP contribution is -2.13. The maximum Gasteiger partial charge on any atom is 0.262 e. The molecule has 0 atom stereocenters. The summed E-state index contributed by atoms with van der Waals surface area (Å²) in [7, 11) is -3.72. The molecule has 0 amide bonds. The standard InChI is InChI=1S/C22H24N2O3S/c1-17(2)7-8-18-9-11-20(12-10-18)28(25,26)24-21-5-3-4-6-22(21)27-19-13-15-23-16-14-19/h3-6,9-17,24H,7-8H2,1-2H3. The van der Waals surface area contributed by atoms with Gasteiger partial charge in [0.05, 0.1) is 10.6 Å². The van der Waals surface area contributed by atoms with Crippen LogP contribution in [0.1, 0.15) is 25.8 Å². The van der Waals surface area contributed by atoms with Gasteiger partial charge in [0, 0.05) is 12.4 Å². The smallest absolute Gasteiger partial charge is 0.262 e. The molecule has 0 saturated carbocycles. The van der Waals surface area contributed by atoms with E-state index in [1.165, 1.54) is 0 Å². The monoisotopic (exact) mass is 396 g/mol. The van der Waals surface area contributed by atoms with Crippen molar-refractivity contribution in [3.05, 3.63) is 78.6 Å². The lowest BCUT2D eigenvalue weighted by Gasteiger charge is -2.13. The third kappa shape index (κ3) is 5.33. The number of aromatic nitrogens is 1. The molecule has 0 unspecified atom stereocenters. The van der Waals surface area contributed by atoms with Crippen molar-refractivity contribution in [1.29, 1.82) is 0 Å². The first-order valence-corrected chi connectivity index (χ1v) is 10.7. The number of hydrogen-bond acceptors (Lipinski definition) is 4. The second kappa shape index (κ2) is 8.89. The molecule has 5 nitrogen and oxygen atoms in total. The zero-order valence-electron chi connectivity index (χ0n) is 16.0. The van der Waals surface area contributed by atoms with Crippen LogP contribution in [0, 0.1) is 5.92 Å².